The van der Waals surface area contributed by atoms with Gasteiger partial charge in [-0.15, -0.1) is 0 Å². The Morgan fingerprint density at radius 2 is 1.90 bits per heavy atom. The third-order valence-corrected chi connectivity index (χ3v) is 6.59. The molecule has 3 fully saturated rings. The van der Waals surface area contributed by atoms with Crippen LogP contribution in [0.1, 0.15) is 46.0 Å². The molecule has 3 unspecified atom stereocenters. The fraction of sp³-hybridized carbons (Fsp3) is 1.00. The van der Waals surface area contributed by atoms with Crippen molar-refractivity contribution in [3.8, 4) is 0 Å². The lowest BCUT2D eigenvalue weighted by Gasteiger charge is -2.48. The molecule has 0 amide bonds. The van der Waals surface area contributed by atoms with Gasteiger partial charge in [-0.05, 0) is 52.5 Å². The van der Waals surface area contributed by atoms with Crippen molar-refractivity contribution in [1.29, 1.82) is 0 Å². The number of nitrogens with zero attached hydrogens (tertiary/aromatic N) is 1. The van der Waals surface area contributed by atoms with E-state index in [1.807, 2.05) is 13.8 Å². The molecule has 2 heterocycles. The molecule has 21 heavy (non-hydrogen) atoms. The first-order chi connectivity index (χ1) is 9.89. The molecule has 2 aliphatic heterocycles. The molecule has 3 rings (SSSR count). The summed E-state index contributed by atoms with van der Waals surface area (Å²) in [6, 6.07) is 0.0602. The summed E-state index contributed by atoms with van der Waals surface area (Å²) in [7, 11) is -3.41. The minimum Gasteiger partial charge on any atom is -0.373 e. The second-order valence-electron chi connectivity index (χ2n) is 6.95. The SMILES string of the molecule is CC1CN(S(=O)(=O)NC2CCNC3(CCC3)C2)CC(C)O1. The van der Waals surface area contributed by atoms with Gasteiger partial charge in [-0.3, -0.25) is 0 Å². The Morgan fingerprint density at radius 1 is 1.24 bits per heavy atom. The van der Waals surface area contributed by atoms with Gasteiger partial charge in [0, 0.05) is 24.7 Å². The van der Waals surface area contributed by atoms with Crippen molar-refractivity contribution in [2.75, 3.05) is 19.6 Å². The smallest absolute Gasteiger partial charge is 0.279 e. The molecule has 122 valence electrons. The first-order valence-electron chi connectivity index (χ1n) is 8.06. The second-order valence-corrected chi connectivity index (χ2v) is 8.65. The molecule has 7 heteroatoms. The molecule has 0 aromatic heterocycles. The highest BCUT2D eigenvalue weighted by Gasteiger charge is 2.42. The van der Waals surface area contributed by atoms with Gasteiger partial charge in [0.05, 0.1) is 12.2 Å². The standard InChI is InChI=1S/C14H27N3O3S/c1-11-9-17(10-12(2)20-11)21(18,19)16-13-4-7-15-14(8-13)5-3-6-14/h11-13,15-16H,3-10H2,1-2H3. The van der Waals surface area contributed by atoms with Crippen LogP contribution in [0.3, 0.4) is 0 Å². The zero-order chi connectivity index (χ0) is 15.1. The maximum Gasteiger partial charge on any atom is 0.279 e. The van der Waals surface area contributed by atoms with E-state index < -0.39 is 10.2 Å². The summed E-state index contributed by atoms with van der Waals surface area (Å²) in [4.78, 5) is 0. The Kier molecular flexibility index (Phi) is 4.31. The Labute approximate surface area is 127 Å². The van der Waals surface area contributed by atoms with Crippen LogP contribution in [0.2, 0.25) is 0 Å². The van der Waals surface area contributed by atoms with Crippen LogP contribution in [0, 0.1) is 0 Å². The number of hydrogen-bond acceptors (Lipinski definition) is 4. The quantitative estimate of drug-likeness (QED) is 0.800. The summed E-state index contributed by atoms with van der Waals surface area (Å²) >= 11 is 0. The summed E-state index contributed by atoms with van der Waals surface area (Å²) in [5, 5.41) is 3.57. The normalized spacial score (nSPS) is 37.3. The van der Waals surface area contributed by atoms with E-state index in [1.54, 1.807) is 4.31 Å². The summed E-state index contributed by atoms with van der Waals surface area (Å²) in [6.45, 7) is 5.63. The van der Waals surface area contributed by atoms with Gasteiger partial charge in [0.1, 0.15) is 0 Å². The van der Waals surface area contributed by atoms with Gasteiger partial charge in [-0.2, -0.15) is 17.4 Å². The molecule has 3 aliphatic rings. The highest BCUT2D eigenvalue weighted by molar-refractivity contribution is 7.87. The van der Waals surface area contributed by atoms with Crippen molar-refractivity contribution in [1.82, 2.24) is 14.3 Å². The first-order valence-corrected chi connectivity index (χ1v) is 9.50. The molecule has 6 nitrogen and oxygen atoms in total. The zero-order valence-corrected chi connectivity index (χ0v) is 13.8. The molecule has 0 radical (unpaired) electrons. The van der Waals surface area contributed by atoms with Crippen molar-refractivity contribution >= 4 is 10.2 Å². The van der Waals surface area contributed by atoms with Gasteiger partial charge in [-0.1, -0.05) is 0 Å². The third-order valence-electron chi connectivity index (χ3n) is 4.98. The van der Waals surface area contributed by atoms with E-state index in [0.717, 1.165) is 19.4 Å². The van der Waals surface area contributed by atoms with Gasteiger partial charge in [0.2, 0.25) is 0 Å². The monoisotopic (exact) mass is 317 g/mol. The predicted molar refractivity (Wildman–Crippen MR) is 81.2 cm³/mol. The number of nitrogens with one attached hydrogen (secondary N) is 2. The van der Waals surface area contributed by atoms with E-state index in [2.05, 4.69) is 10.0 Å². The van der Waals surface area contributed by atoms with Gasteiger partial charge in [0.25, 0.3) is 10.2 Å². The molecule has 2 N–H and O–H groups in total. The molecule has 0 aromatic carbocycles. The lowest BCUT2D eigenvalue weighted by atomic mass is 9.70. The highest BCUT2D eigenvalue weighted by Crippen LogP contribution is 2.38. The lowest BCUT2D eigenvalue weighted by molar-refractivity contribution is -0.0445. The topological polar surface area (TPSA) is 70.7 Å². The van der Waals surface area contributed by atoms with E-state index in [0.29, 0.717) is 13.1 Å². The largest absolute Gasteiger partial charge is 0.373 e. The van der Waals surface area contributed by atoms with E-state index in [1.165, 1.54) is 19.3 Å². The van der Waals surface area contributed by atoms with Gasteiger partial charge < -0.3 is 10.1 Å². The van der Waals surface area contributed by atoms with Crippen molar-refractivity contribution in [3.05, 3.63) is 0 Å². The average Bonchev–Trinajstić information content (AvgIpc) is 2.35. The van der Waals surface area contributed by atoms with Gasteiger partial charge >= 0.3 is 0 Å². The van der Waals surface area contributed by atoms with Crippen molar-refractivity contribution in [2.45, 2.75) is 69.7 Å². The van der Waals surface area contributed by atoms with Crippen LogP contribution in [0.25, 0.3) is 0 Å². The summed E-state index contributed by atoms with van der Waals surface area (Å²) < 4.78 is 35.3. The Balaban J connectivity index is 1.62. The molecule has 1 aliphatic carbocycles. The van der Waals surface area contributed by atoms with E-state index in [9.17, 15) is 8.42 Å². The van der Waals surface area contributed by atoms with Crippen LogP contribution in [0.4, 0.5) is 0 Å². The minimum atomic E-state index is -3.41. The minimum absolute atomic E-state index is 0.0451. The fourth-order valence-corrected chi connectivity index (χ4v) is 5.44. The van der Waals surface area contributed by atoms with Crippen molar-refractivity contribution in [2.24, 2.45) is 0 Å². The van der Waals surface area contributed by atoms with Crippen LogP contribution >= 0.6 is 0 Å². The molecule has 0 bridgehead atoms. The van der Waals surface area contributed by atoms with E-state index in [4.69, 9.17) is 4.74 Å². The molecule has 3 atom stereocenters. The molecule has 1 spiro atoms. The van der Waals surface area contributed by atoms with Gasteiger partial charge in [0.15, 0.2) is 0 Å². The van der Waals surface area contributed by atoms with Crippen LogP contribution < -0.4 is 10.0 Å². The van der Waals surface area contributed by atoms with E-state index >= 15 is 0 Å². The zero-order valence-electron chi connectivity index (χ0n) is 13.0. The Morgan fingerprint density at radius 3 is 2.48 bits per heavy atom. The summed E-state index contributed by atoms with van der Waals surface area (Å²) in [6.07, 6.45) is 5.31. The van der Waals surface area contributed by atoms with Crippen molar-refractivity contribution < 1.29 is 13.2 Å². The molecular weight excluding hydrogens is 290 g/mol. The third kappa shape index (κ3) is 3.42. The number of hydrogen-bond donors (Lipinski definition) is 2. The number of rotatable bonds is 3. The summed E-state index contributed by atoms with van der Waals surface area (Å²) in [5.74, 6) is 0. The van der Waals surface area contributed by atoms with Gasteiger partial charge in [-0.25, -0.2) is 0 Å². The Hall–Kier alpha value is -0.210. The molecular formula is C14H27N3O3S. The van der Waals surface area contributed by atoms with Crippen LogP contribution in [-0.4, -0.2) is 56.1 Å². The van der Waals surface area contributed by atoms with E-state index in [-0.39, 0.29) is 23.8 Å². The second kappa shape index (κ2) is 5.77. The summed E-state index contributed by atoms with van der Waals surface area (Å²) in [5.41, 5.74) is 0.205. The van der Waals surface area contributed by atoms with Crippen LogP contribution in [0.5, 0.6) is 0 Å². The average molecular weight is 317 g/mol. The number of ether oxygens (including phenoxy) is 1. The van der Waals surface area contributed by atoms with Crippen molar-refractivity contribution in [3.63, 3.8) is 0 Å². The fourth-order valence-electron chi connectivity index (χ4n) is 3.85. The maximum absolute atomic E-state index is 12.6. The Bertz CT molecular complexity index is 468. The number of morpholine rings is 1. The lowest BCUT2D eigenvalue weighted by Crippen LogP contribution is -2.61. The van der Waals surface area contributed by atoms with Crippen LogP contribution in [-0.2, 0) is 14.9 Å². The maximum atomic E-state index is 12.6. The highest BCUT2D eigenvalue weighted by atomic mass is 32.2. The molecule has 1 saturated carbocycles. The van der Waals surface area contributed by atoms with Crippen LogP contribution in [0.15, 0.2) is 0 Å². The molecule has 2 saturated heterocycles. The first kappa shape index (κ1) is 15.7. The number of piperidine rings is 1. The predicted octanol–water partition coefficient (Wildman–Crippen LogP) is 0.605. The molecule has 0 aromatic rings.